The van der Waals surface area contributed by atoms with E-state index in [9.17, 15) is 25.0 Å². The normalized spacial score (nSPS) is 14.2. The molecule has 10 nitrogen and oxygen atoms in total. The molecule has 0 aliphatic carbocycles. The predicted molar refractivity (Wildman–Crippen MR) is 138 cm³/mol. The van der Waals surface area contributed by atoms with Crippen molar-refractivity contribution < 1.29 is 24.1 Å². The molecular formula is C24H17N3O7S2. The number of rotatable bonds is 8. The van der Waals surface area contributed by atoms with Crippen LogP contribution in [0.3, 0.4) is 0 Å². The molecule has 0 bridgehead atoms. The van der Waals surface area contributed by atoms with E-state index in [0.717, 1.165) is 23.8 Å². The lowest BCUT2D eigenvalue weighted by molar-refractivity contribution is -0.394. The summed E-state index contributed by atoms with van der Waals surface area (Å²) in [6, 6.07) is 17.4. The van der Waals surface area contributed by atoms with Crippen LogP contribution in [0, 0.1) is 20.2 Å². The van der Waals surface area contributed by atoms with Gasteiger partial charge in [0, 0.05) is 6.07 Å². The van der Waals surface area contributed by atoms with Crippen LogP contribution in [0.5, 0.6) is 17.2 Å². The van der Waals surface area contributed by atoms with Crippen molar-refractivity contribution in [2.24, 2.45) is 0 Å². The summed E-state index contributed by atoms with van der Waals surface area (Å²) in [4.78, 5) is 35.8. The van der Waals surface area contributed by atoms with Crippen molar-refractivity contribution in [1.82, 2.24) is 4.90 Å². The maximum atomic E-state index is 12.9. The number of nitro benzene ring substituents is 2. The highest BCUT2D eigenvalue weighted by Crippen LogP contribution is 2.39. The number of carbonyl (C=O) groups is 1. The van der Waals surface area contributed by atoms with Crippen molar-refractivity contribution in [1.29, 1.82) is 0 Å². The van der Waals surface area contributed by atoms with E-state index in [2.05, 4.69) is 0 Å². The Kier molecular flexibility index (Phi) is 7.27. The molecule has 0 atom stereocenters. The zero-order chi connectivity index (χ0) is 25.8. The van der Waals surface area contributed by atoms with Crippen LogP contribution in [-0.2, 0) is 11.3 Å². The number of non-ortho nitro benzene ring substituents is 1. The Hall–Kier alpha value is -4.29. The summed E-state index contributed by atoms with van der Waals surface area (Å²) in [5.74, 6) is 0.00692. The Morgan fingerprint density at radius 2 is 1.69 bits per heavy atom. The Labute approximate surface area is 214 Å². The van der Waals surface area contributed by atoms with Crippen molar-refractivity contribution in [3.05, 3.63) is 103 Å². The van der Waals surface area contributed by atoms with Gasteiger partial charge < -0.3 is 9.47 Å². The van der Waals surface area contributed by atoms with Gasteiger partial charge in [-0.05, 0) is 35.4 Å². The zero-order valence-electron chi connectivity index (χ0n) is 18.7. The second-order valence-corrected chi connectivity index (χ2v) is 9.11. The van der Waals surface area contributed by atoms with Gasteiger partial charge in [0.25, 0.3) is 11.6 Å². The first kappa shape index (κ1) is 24.8. The molecule has 0 saturated carbocycles. The largest absolute Gasteiger partial charge is 0.493 e. The van der Waals surface area contributed by atoms with Crippen LogP contribution in [0.1, 0.15) is 11.1 Å². The average molecular weight is 524 g/mol. The van der Waals surface area contributed by atoms with Crippen LogP contribution in [0.4, 0.5) is 11.4 Å². The molecule has 1 amide bonds. The van der Waals surface area contributed by atoms with E-state index in [-0.39, 0.29) is 23.2 Å². The topological polar surface area (TPSA) is 125 Å². The van der Waals surface area contributed by atoms with E-state index in [1.54, 1.807) is 18.2 Å². The van der Waals surface area contributed by atoms with E-state index in [0.29, 0.717) is 21.3 Å². The highest BCUT2D eigenvalue weighted by molar-refractivity contribution is 8.26. The monoisotopic (exact) mass is 523 g/mol. The fourth-order valence-electron chi connectivity index (χ4n) is 3.38. The minimum Gasteiger partial charge on any atom is -0.493 e. The minimum atomic E-state index is -0.763. The van der Waals surface area contributed by atoms with E-state index in [1.807, 2.05) is 30.3 Å². The standard InChI is InChI=1S/C24H17N3O7S2/c1-33-21-11-16(12-22-23(28)25(24(35)36-22)14-15-5-3-2-4-6-15)7-9-20(21)34-19-10-8-17(26(29)30)13-18(19)27(31)32/h2-13H,14H2,1H3/b22-12+. The number of amides is 1. The molecule has 3 aromatic carbocycles. The fourth-order valence-corrected chi connectivity index (χ4v) is 4.63. The number of thiocarbonyl (C=S) groups is 1. The molecule has 1 aliphatic heterocycles. The maximum absolute atomic E-state index is 12.9. The SMILES string of the molecule is COc1cc(/C=C2/SC(=S)N(Cc3ccccc3)C2=O)ccc1Oc1ccc([N+](=O)[O-])cc1[N+](=O)[O-]. The number of thioether (sulfide) groups is 1. The summed E-state index contributed by atoms with van der Waals surface area (Å²) in [6.45, 7) is 0.368. The maximum Gasteiger partial charge on any atom is 0.318 e. The summed E-state index contributed by atoms with van der Waals surface area (Å²) >= 11 is 6.59. The Morgan fingerprint density at radius 3 is 2.36 bits per heavy atom. The van der Waals surface area contributed by atoms with Crippen LogP contribution >= 0.6 is 24.0 Å². The lowest BCUT2D eigenvalue weighted by Crippen LogP contribution is -2.27. The lowest BCUT2D eigenvalue weighted by atomic mass is 10.1. The first-order chi connectivity index (χ1) is 17.3. The van der Waals surface area contributed by atoms with Gasteiger partial charge in [0.2, 0.25) is 5.75 Å². The molecule has 1 heterocycles. The van der Waals surface area contributed by atoms with Gasteiger partial charge in [0.05, 0.1) is 34.5 Å². The molecule has 1 fully saturated rings. The van der Waals surface area contributed by atoms with E-state index in [1.165, 1.54) is 29.8 Å². The van der Waals surface area contributed by atoms with Gasteiger partial charge in [-0.15, -0.1) is 0 Å². The molecule has 36 heavy (non-hydrogen) atoms. The Morgan fingerprint density at radius 1 is 0.972 bits per heavy atom. The van der Waals surface area contributed by atoms with Crippen molar-refractivity contribution in [2.75, 3.05) is 7.11 Å². The van der Waals surface area contributed by atoms with Crippen LogP contribution in [0.15, 0.2) is 71.6 Å². The van der Waals surface area contributed by atoms with Crippen molar-refractivity contribution in [3.8, 4) is 17.2 Å². The Balaban J connectivity index is 1.58. The molecular weight excluding hydrogens is 506 g/mol. The van der Waals surface area contributed by atoms with Crippen LogP contribution in [0.2, 0.25) is 0 Å². The zero-order valence-corrected chi connectivity index (χ0v) is 20.3. The number of ether oxygens (including phenoxy) is 2. The summed E-state index contributed by atoms with van der Waals surface area (Å²) in [5.41, 5.74) is 0.592. The van der Waals surface area contributed by atoms with E-state index in [4.69, 9.17) is 21.7 Å². The van der Waals surface area contributed by atoms with Crippen LogP contribution in [0.25, 0.3) is 6.08 Å². The third-order valence-corrected chi connectivity index (χ3v) is 6.49. The van der Waals surface area contributed by atoms with E-state index >= 15 is 0 Å². The molecule has 0 unspecified atom stereocenters. The number of hydrogen-bond acceptors (Lipinski definition) is 9. The fraction of sp³-hybridized carbons (Fsp3) is 0.0833. The highest BCUT2D eigenvalue weighted by Gasteiger charge is 2.32. The van der Waals surface area contributed by atoms with E-state index < -0.39 is 21.2 Å². The Bertz CT molecular complexity index is 1410. The molecule has 0 spiro atoms. The molecule has 182 valence electrons. The van der Waals surface area contributed by atoms with Crippen LogP contribution in [-0.4, -0.2) is 32.1 Å². The molecule has 0 aromatic heterocycles. The number of methoxy groups -OCH3 is 1. The predicted octanol–water partition coefficient (Wildman–Crippen LogP) is 5.71. The van der Waals surface area contributed by atoms with Gasteiger partial charge in [-0.25, -0.2) is 0 Å². The number of nitrogens with zero attached hydrogens (tertiary/aromatic N) is 3. The third kappa shape index (κ3) is 5.34. The molecule has 3 aromatic rings. The summed E-state index contributed by atoms with van der Waals surface area (Å²) < 4.78 is 11.5. The van der Waals surface area contributed by atoms with Gasteiger partial charge in [-0.2, -0.15) is 0 Å². The first-order valence-electron chi connectivity index (χ1n) is 10.3. The molecule has 0 radical (unpaired) electrons. The first-order valence-corrected chi connectivity index (χ1v) is 11.6. The summed E-state index contributed by atoms with van der Waals surface area (Å²) in [5, 5.41) is 22.4. The number of hydrogen-bond donors (Lipinski definition) is 0. The number of carbonyl (C=O) groups excluding carboxylic acids is 1. The quantitative estimate of drug-likeness (QED) is 0.158. The minimum absolute atomic E-state index is 0.156. The summed E-state index contributed by atoms with van der Waals surface area (Å²) in [6.07, 6.45) is 1.67. The van der Waals surface area contributed by atoms with Crippen LogP contribution < -0.4 is 9.47 Å². The molecule has 0 N–H and O–H groups in total. The molecule has 1 aliphatic rings. The number of benzene rings is 3. The molecule has 12 heteroatoms. The van der Waals surface area contributed by atoms with Gasteiger partial charge in [0.1, 0.15) is 4.32 Å². The van der Waals surface area contributed by atoms with Crippen molar-refractivity contribution in [2.45, 2.75) is 6.54 Å². The average Bonchev–Trinajstić information content (AvgIpc) is 3.12. The van der Waals surface area contributed by atoms with Gasteiger partial charge in [0.15, 0.2) is 11.5 Å². The van der Waals surface area contributed by atoms with Gasteiger partial charge in [-0.1, -0.05) is 60.4 Å². The summed E-state index contributed by atoms with van der Waals surface area (Å²) in [7, 11) is 1.40. The number of nitro groups is 2. The second-order valence-electron chi connectivity index (χ2n) is 7.43. The van der Waals surface area contributed by atoms with Crippen molar-refractivity contribution in [3.63, 3.8) is 0 Å². The third-order valence-electron chi connectivity index (χ3n) is 5.11. The van der Waals surface area contributed by atoms with Gasteiger partial charge >= 0.3 is 5.69 Å². The second kappa shape index (κ2) is 10.5. The molecule has 4 rings (SSSR count). The van der Waals surface area contributed by atoms with Gasteiger partial charge in [-0.3, -0.25) is 29.9 Å². The van der Waals surface area contributed by atoms with Crippen molar-refractivity contribution >= 4 is 51.7 Å². The highest BCUT2D eigenvalue weighted by atomic mass is 32.2. The molecule has 1 saturated heterocycles. The lowest BCUT2D eigenvalue weighted by Gasteiger charge is -2.14. The smallest absolute Gasteiger partial charge is 0.318 e.